The molecule has 0 bridgehead atoms. The van der Waals surface area contributed by atoms with Gasteiger partial charge in [0.15, 0.2) is 16.6 Å². The molecule has 0 saturated heterocycles. The molecule has 1 atom stereocenters. The molecule has 4 N–H and O–H groups in total. The van der Waals surface area contributed by atoms with E-state index in [9.17, 15) is 10.2 Å². The van der Waals surface area contributed by atoms with Crippen LogP contribution in [-0.4, -0.2) is 32.7 Å². The maximum absolute atomic E-state index is 9.87. The minimum atomic E-state index is -0.270. The van der Waals surface area contributed by atoms with Crippen molar-refractivity contribution in [1.29, 1.82) is 0 Å². The highest BCUT2D eigenvalue weighted by molar-refractivity contribution is 7.80. The zero-order valence-electron chi connectivity index (χ0n) is 17.4. The van der Waals surface area contributed by atoms with Crippen LogP contribution in [0.2, 0.25) is 0 Å². The number of rotatable bonds is 6. The van der Waals surface area contributed by atoms with Crippen molar-refractivity contribution in [1.82, 2.24) is 5.01 Å². The maximum Gasteiger partial charge on any atom is 0.187 e. The van der Waals surface area contributed by atoms with E-state index in [4.69, 9.17) is 27.4 Å². The van der Waals surface area contributed by atoms with E-state index in [1.165, 1.54) is 12.1 Å². The summed E-state index contributed by atoms with van der Waals surface area (Å²) in [6, 6.07) is 19.4. The van der Waals surface area contributed by atoms with Gasteiger partial charge in [-0.2, -0.15) is 5.10 Å². The molecule has 3 aromatic carbocycles. The van der Waals surface area contributed by atoms with Gasteiger partial charge in [0.25, 0.3) is 0 Å². The number of ether oxygens (including phenoxy) is 2. The van der Waals surface area contributed by atoms with Crippen molar-refractivity contribution in [2.24, 2.45) is 10.8 Å². The Morgan fingerprint density at radius 2 is 1.62 bits per heavy atom. The molecule has 0 spiro atoms. The summed E-state index contributed by atoms with van der Waals surface area (Å²) in [4.78, 5) is 0. The lowest BCUT2D eigenvalue weighted by atomic mass is 9.98. The third kappa shape index (κ3) is 4.60. The first-order valence-electron chi connectivity index (χ1n) is 10.1. The molecule has 0 amide bonds. The molecule has 0 radical (unpaired) electrons. The minimum Gasteiger partial charge on any atom is -0.504 e. The standard InChI is InChI=1S/C24H23N3O4S/c1-2-30-17-8-10-19(11-9-17)31-18-6-3-15(4-7-18)20-14-21(27(26-20)24(25)32)16-5-12-22(28)23(29)13-16/h3-13,21,28-29H,2,14H2,1H3,(H2,25,32). The monoisotopic (exact) mass is 449 g/mol. The molecule has 0 fully saturated rings. The Hall–Kier alpha value is -3.78. The Bertz CT molecular complexity index is 1150. The molecule has 32 heavy (non-hydrogen) atoms. The highest BCUT2D eigenvalue weighted by Gasteiger charge is 2.31. The fourth-order valence-electron chi connectivity index (χ4n) is 3.52. The van der Waals surface area contributed by atoms with E-state index in [1.54, 1.807) is 11.1 Å². The number of hydrogen-bond donors (Lipinski definition) is 3. The fourth-order valence-corrected chi connectivity index (χ4v) is 3.69. The summed E-state index contributed by atoms with van der Waals surface area (Å²) in [5.74, 6) is 1.83. The van der Waals surface area contributed by atoms with E-state index in [-0.39, 0.29) is 22.7 Å². The summed E-state index contributed by atoms with van der Waals surface area (Å²) in [6.07, 6.45) is 0.542. The first-order valence-corrected chi connectivity index (χ1v) is 10.5. The van der Waals surface area contributed by atoms with Crippen LogP contribution in [0.1, 0.15) is 30.5 Å². The van der Waals surface area contributed by atoms with Crippen LogP contribution in [0, 0.1) is 0 Å². The number of hydrogen-bond acceptors (Lipinski definition) is 6. The molecule has 8 heteroatoms. The molecule has 1 aliphatic heterocycles. The van der Waals surface area contributed by atoms with Crippen molar-refractivity contribution in [2.75, 3.05) is 6.61 Å². The smallest absolute Gasteiger partial charge is 0.187 e. The van der Waals surface area contributed by atoms with E-state index in [2.05, 4.69) is 5.10 Å². The van der Waals surface area contributed by atoms with Gasteiger partial charge >= 0.3 is 0 Å². The summed E-state index contributed by atoms with van der Waals surface area (Å²) in [5, 5.41) is 25.8. The number of benzene rings is 3. The summed E-state index contributed by atoms with van der Waals surface area (Å²) < 4.78 is 11.4. The van der Waals surface area contributed by atoms with Gasteiger partial charge in [-0.05, 0) is 90.9 Å². The van der Waals surface area contributed by atoms with Crippen LogP contribution in [-0.2, 0) is 0 Å². The molecule has 0 saturated carbocycles. The molecule has 1 heterocycles. The number of hydrazone groups is 1. The van der Waals surface area contributed by atoms with Crippen LogP contribution < -0.4 is 15.2 Å². The van der Waals surface area contributed by atoms with Crippen LogP contribution in [0.3, 0.4) is 0 Å². The molecule has 4 rings (SSSR count). The van der Waals surface area contributed by atoms with Crippen LogP contribution in [0.5, 0.6) is 28.7 Å². The number of thiocarbonyl (C=S) groups is 1. The molecule has 0 aliphatic carbocycles. The van der Waals surface area contributed by atoms with Crippen molar-refractivity contribution >= 4 is 23.0 Å². The first kappa shape index (κ1) is 21.5. The van der Waals surface area contributed by atoms with Crippen molar-refractivity contribution in [3.8, 4) is 28.7 Å². The largest absolute Gasteiger partial charge is 0.504 e. The summed E-state index contributed by atoms with van der Waals surface area (Å²) >= 11 is 5.17. The van der Waals surface area contributed by atoms with Crippen molar-refractivity contribution in [3.63, 3.8) is 0 Å². The number of nitrogens with two attached hydrogens (primary N) is 1. The lowest BCUT2D eigenvalue weighted by Crippen LogP contribution is -2.31. The molecule has 0 aromatic heterocycles. The fraction of sp³-hybridized carbons (Fsp3) is 0.167. The Balaban J connectivity index is 1.50. The topological polar surface area (TPSA) is 101 Å². The van der Waals surface area contributed by atoms with E-state index < -0.39 is 0 Å². The van der Waals surface area contributed by atoms with Crippen LogP contribution in [0.25, 0.3) is 0 Å². The predicted octanol–water partition coefficient (Wildman–Crippen LogP) is 4.68. The highest BCUT2D eigenvalue weighted by atomic mass is 32.1. The van der Waals surface area contributed by atoms with Gasteiger partial charge in [0, 0.05) is 6.42 Å². The van der Waals surface area contributed by atoms with Crippen molar-refractivity contribution in [3.05, 3.63) is 77.9 Å². The molecule has 7 nitrogen and oxygen atoms in total. The Morgan fingerprint density at radius 3 is 2.22 bits per heavy atom. The van der Waals surface area contributed by atoms with Crippen LogP contribution >= 0.6 is 12.2 Å². The molecular weight excluding hydrogens is 426 g/mol. The van der Waals surface area contributed by atoms with Gasteiger partial charge in [-0.3, -0.25) is 0 Å². The first-order chi connectivity index (χ1) is 15.4. The second-order valence-corrected chi connectivity index (χ2v) is 7.65. The number of phenolic OH excluding ortho intramolecular Hbond substituents is 2. The Morgan fingerprint density at radius 1 is 1.00 bits per heavy atom. The average molecular weight is 450 g/mol. The zero-order valence-corrected chi connectivity index (χ0v) is 18.2. The molecule has 3 aromatic rings. The van der Waals surface area contributed by atoms with Gasteiger partial charge in [0.05, 0.1) is 18.4 Å². The summed E-state index contributed by atoms with van der Waals surface area (Å²) in [5.41, 5.74) is 8.36. The lowest BCUT2D eigenvalue weighted by molar-refractivity contribution is 0.339. The van der Waals surface area contributed by atoms with Gasteiger partial charge in [-0.1, -0.05) is 6.07 Å². The normalized spacial score (nSPS) is 15.3. The number of phenols is 2. The van der Waals surface area contributed by atoms with E-state index >= 15 is 0 Å². The van der Waals surface area contributed by atoms with Crippen molar-refractivity contribution in [2.45, 2.75) is 19.4 Å². The van der Waals surface area contributed by atoms with Gasteiger partial charge in [-0.25, -0.2) is 5.01 Å². The van der Waals surface area contributed by atoms with E-state index in [0.29, 0.717) is 24.5 Å². The van der Waals surface area contributed by atoms with Gasteiger partial charge in [0.1, 0.15) is 17.2 Å². The molecular formula is C24H23N3O4S. The highest BCUT2D eigenvalue weighted by Crippen LogP contribution is 2.36. The second kappa shape index (κ2) is 9.15. The third-order valence-electron chi connectivity index (χ3n) is 5.08. The number of aromatic hydroxyl groups is 2. The van der Waals surface area contributed by atoms with Gasteiger partial charge in [0.2, 0.25) is 0 Å². The third-order valence-corrected chi connectivity index (χ3v) is 5.27. The SMILES string of the molecule is CCOc1ccc(Oc2ccc(C3=NN(C(N)=S)C(c4ccc(O)c(O)c4)C3)cc2)cc1. The summed E-state index contributed by atoms with van der Waals surface area (Å²) in [6.45, 7) is 2.56. The minimum absolute atomic E-state index is 0.132. The maximum atomic E-state index is 9.87. The van der Waals surface area contributed by atoms with Crippen LogP contribution in [0.15, 0.2) is 71.8 Å². The number of nitrogens with zero attached hydrogens (tertiary/aromatic N) is 2. The lowest BCUT2D eigenvalue weighted by Gasteiger charge is -2.22. The quantitative estimate of drug-likeness (QED) is 0.371. The van der Waals surface area contributed by atoms with E-state index in [0.717, 1.165) is 22.6 Å². The van der Waals surface area contributed by atoms with Gasteiger partial charge < -0.3 is 25.4 Å². The van der Waals surface area contributed by atoms with Crippen LogP contribution in [0.4, 0.5) is 0 Å². The molecule has 164 valence electrons. The van der Waals surface area contributed by atoms with E-state index in [1.807, 2.05) is 55.5 Å². The average Bonchev–Trinajstić information content (AvgIpc) is 3.24. The Kier molecular flexibility index (Phi) is 6.13. The molecule has 1 unspecified atom stereocenters. The van der Waals surface area contributed by atoms with Gasteiger partial charge in [-0.15, -0.1) is 0 Å². The Labute approximate surface area is 191 Å². The second-order valence-electron chi connectivity index (χ2n) is 7.23. The van der Waals surface area contributed by atoms with Crippen molar-refractivity contribution < 1.29 is 19.7 Å². The molecule has 1 aliphatic rings. The predicted molar refractivity (Wildman–Crippen MR) is 126 cm³/mol. The summed E-state index contributed by atoms with van der Waals surface area (Å²) in [7, 11) is 0. The zero-order chi connectivity index (χ0) is 22.7.